The van der Waals surface area contributed by atoms with Gasteiger partial charge in [0.2, 0.25) is 5.91 Å². The van der Waals surface area contributed by atoms with E-state index in [4.69, 9.17) is 17.3 Å². The van der Waals surface area contributed by atoms with E-state index in [9.17, 15) is 4.79 Å². The van der Waals surface area contributed by atoms with Crippen LogP contribution in [-0.4, -0.2) is 30.4 Å². The van der Waals surface area contributed by atoms with Crippen LogP contribution in [0.2, 0.25) is 5.02 Å². The molecule has 1 heterocycles. The fourth-order valence-corrected chi connectivity index (χ4v) is 2.35. The minimum Gasteiger partial charge on any atom is -0.369 e. The zero-order valence-electron chi connectivity index (χ0n) is 10.2. The van der Waals surface area contributed by atoms with Crippen LogP contribution in [0, 0.1) is 5.92 Å². The predicted molar refractivity (Wildman–Crippen MR) is 73.5 cm³/mol. The summed E-state index contributed by atoms with van der Waals surface area (Å²) in [7, 11) is 0. The topological polar surface area (TPSA) is 46.3 Å². The number of amides is 1. The number of rotatable bonds is 5. The lowest BCUT2D eigenvalue weighted by Crippen LogP contribution is -2.48. The number of carbonyl (C=O) groups is 1. The summed E-state index contributed by atoms with van der Waals surface area (Å²) in [6.07, 6.45) is 1.96. The first-order chi connectivity index (χ1) is 8.60. The molecule has 1 aromatic carbocycles. The zero-order valence-corrected chi connectivity index (χ0v) is 10.9. The van der Waals surface area contributed by atoms with Crippen molar-refractivity contribution in [3.63, 3.8) is 0 Å². The quantitative estimate of drug-likeness (QED) is 0.827. The fourth-order valence-electron chi connectivity index (χ4n) is 2.22. The third-order valence-electron chi connectivity index (χ3n) is 3.38. The van der Waals surface area contributed by atoms with Crippen molar-refractivity contribution < 1.29 is 4.79 Å². The molecule has 18 heavy (non-hydrogen) atoms. The Morgan fingerprint density at radius 2 is 2.11 bits per heavy atom. The van der Waals surface area contributed by atoms with Crippen LogP contribution >= 0.6 is 11.6 Å². The van der Waals surface area contributed by atoms with Crippen LogP contribution in [0.1, 0.15) is 11.5 Å². The summed E-state index contributed by atoms with van der Waals surface area (Å²) >= 11 is 5.84. The van der Waals surface area contributed by atoms with Crippen molar-refractivity contribution in [3.05, 3.63) is 47.5 Å². The minimum absolute atomic E-state index is 0.270. The van der Waals surface area contributed by atoms with Gasteiger partial charge in [-0.1, -0.05) is 29.8 Å². The molecule has 0 unspecified atom stereocenters. The summed E-state index contributed by atoms with van der Waals surface area (Å²) in [6.45, 7) is 6.35. The number of hydrogen-bond donors (Lipinski definition) is 1. The highest BCUT2D eigenvalue weighted by Crippen LogP contribution is 2.24. The number of likely N-dealkylation sites (tertiary alicyclic amines) is 1. The van der Waals surface area contributed by atoms with E-state index in [0.29, 0.717) is 17.5 Å². The van der Waals surface area contributed by atoms with Gasteiger partial charge in [-0.25, -0.2) is 0 Å². The van der Waals surface area contributed by atoms with Gasteiger partial charge < -0.3 is 10.6 Å². The van der Waals surface area contributed by atoms with Crippen molar-refractivity contribution in [1.29, 1.82) is 0 Å². The van der Waals surface area contributed by atoms with Crippen LogP contribution in [0.15, 0.2) is 36.9 Å². The molecule has 1 amide bonds. The molecule has 1 saturated heterocycles. The standard InChI is InChI=1S/C14H17ClN2O/c1-2-10-7-17(8-10)9-13(14(16)18)11-3-5-12(15)6-4-11/h2-6,10,13H,1,7-9H2,(H2,16,18)/t13-/m1/s1. The third kappa shape index (κ3) is 2.92. The molecule has 4 heteroatoms. The molecule has 3 nitrogen and oxygen atoms in total. The van der Waals surface area contributed by atoms with Crippen LogP contribution in [0.25, 0.3) is 0 Å². The maximum Gasteiger partial charge on any atom is 0.226 e. The monoisotopic (exact) mass is 264 g/mol. The Hall–Kier alpha value is -1.32. The predicted octanol–water partition coefficient (Wildman–Crippen LogP) is 2.03. The number of nitrogens with zero attached hydrogens (tertiary/aromatic N) is 1. The normalized spacial score (nSPS) is 18.1. The third-order valence-corrected chi connectivity index (χ3v) is 3.63. The van der Waals surface area contributed by atoms with Gasteiger partial charge in [0.05, 0.1) is 5.92 Å². The van der Waals surface area contributed by atoms with E-state index in [1.165, 1.54) is 0 Å². The first-order valence-electron chi connectivity index (χ1n) is 6.00. The Labute approximate surface area is 112 Å². The molecule has 0 aliphatic carbocycles. The van der Waals surface area contributed by atoms with Gasteiger partial charge in [-0.05, 0) is 17.7 Å². The number of primary amides is 1. The lowest BCUT2D eigenvalue weighted by molar-refractivity contribution is -0.120. The molecular formula is C14H17ClN2O. The number of halogens is 1. The highest BCUT2D eigenvalue weighted by molar-refractivity contribution is 6.30. The number of benzene rings is 1. The molecule has 2 N–H and O–H groups in total. The molecule has 1 atom stereocenters. The van der Waals surface area contributed by atoms with E-state index in [1.807, 2.05) is 18.2 Å². The van der Waals surface area contributed by atoms with Crippen molar-refractivity contribution >= 4 is 17.5 Å². The van der Waals surface area contributed by atoms with Crippen molar-refractivity contribution in [1.82, 2.24) is 4.90 Å². The summed E-state index contributed by atoms with van der Waals surface area (Å²) in [5, 5.41) is 0.664. The lowest BCUT2D eigenvalue weighted by atomic mass is 9.93. The van der Waals surface area contributed by atoms with Crippen molar-refractivity contribution in [2.24, 2.45) is 11.7 Å². The first kappa shape index (κ1) is 13.1. The molecule has 1 fully saturated rings. The first-order valence-corrected chi connectivity index (χ1v) is 6.37. The molecule has 2 rings (SSSR count). The molecule has 0 bridgehead atoms. The van der Waals surface area contributed by atoms with E-state index < -0.39 is 0 Å². The minimum atomic E-state index is -0.292. The zero-order chi connectivity index (χ0) is 13.1. The Kier molecular flexibility index (Phi) is 4.04. The van der Waals surface area contributed by atoms with Crippen molar-refractivity contribution in [3.8, 4) is 0 Å². The Morgan fingerprint density at radius 3 is 2.61 bits per heavy atom. The van der Waals surface area contributed by atoms with Gasteiger partial charge in [0.1, 0.15) is 0 Å². The molecule has 0 aromatic heterocycles. The Balaban J connectivity index is 2.03. The van der Waals surface area contributed by atoms with Gasteiger partial charge in [0.15, 0.2) is 0 Å². The summed E-state index contributed by atoms with van der Waals surface area (Å²) in [4.78, 5) is 13.8. The Morgan fingerprint density at radius 1 is 1.50 bits per heavy atom. The summed E-state index contributed by atoms with van der Waals surface area (Å²) in [5.74, 6) is -0.0175. The van der Waals surface area contributed by atoms with Crippen LogP contribution < -0.4 is 5.73 Å². The summed E-state index contributed by atoms with van der Waals surface area (Å²) in [6, 6.07) is 7.30. The maximum atomic E-state index is 11.6. The SMILES string of the molecule is C=CC1CN(C[C@@H](C(N)=O)c2ccc(Cl)cc2)C1. The van der Waals surface area contributed by atoms with Gasteiger partial charge >= 0.3 is 0 Å². The molecule has 96 valence electrons. The smallest absolute Gasteiger partial charge is 0.226 e. The second-order valence-corrected chi connectivity index (χ2v) is 5.16. The van der Waals surface area contributed by atoms with E-state index >= 15 is 0 Å². The highest BCUT2D eigenvalue weighted by Gasteiger charge is 2.29. The van der Waals surface area contributed by atoms with Gasteiger partial charge in [0.25, 0.3) is 0 Å². The van der Waals surface area contributed by atoms with Gasteiger partial charge in [-0.2, -0.15) is 0 Å². The maximum absolute atomic E-state index is 11.6. The fraction of sp³-hybridized carbons (Fsp3) is 0.357. The van der Waals surface area contributed by atoms with E-state index in [-0.39, 0.29) is 11.8 Å². The number of carbonyl (C=O) groups excluding carboxylic acids is 1. The lowest BCUT2D eigenvalue weighted by Gasteiger charge is -2.39. The van der Waals surface area contributed by atoms with E-state index in [1.54, 1.807) is 12.1 Å². The highest BCUT2D eigenvalue weighted by atomic mass is 35.5. The Bertz CT molecular complexity index is 438. The summed E-state index contributed by atoms with van der Waals surface area (Å²) in [5.41, 5.74) is 6.41. The van der Waals surface area contributed by atoms with Gasteiger partial charge in [-0.15, -0.1) is 6.58 Å². The molecule has 1 aliphatic rings. The second kappa shape index (κ2) is 5.55. The second-order valence-electron chi connectivity index (χ2n) is 4.72. The molecule has 1 aliphatic heterocycles. The molecule has 0 saturated carbocycles. The van der Waals surface area contributed by atoms with Crippen molar-refractivity contribution in [2.75, 3.05) is 19.6 Å². The largest absolute Gasteiger partial charge is 0.369 e. The average molecular weight is 265 g/mol. The van der Waals surface area contributed by atoms with Crippen LogP contribution in [-0.2, 0) is 4.79 Å². The number of hydrogen-bond acceptors (Lipinski definition) is 2. The molecule has 0 spiro atoms. The number of nitrogens with two attached hydrogens (primary N) is 1. The molecule has 1 aromatic rings. The van der Waals surface area contributed by atoms with Gasteiger partial charge in [0, 0.05) is 30.6 Å². The van der Waals surface area contributed by atoms with Crippen LogP contribution in [0.5, 0.6) is 0 Å². The van der Waals surface area contributed by atoms with E-state index in [2.05, 4.69) is 11.5 Å². The molecule has 0 radical (unpaired) electrons. The average Bonchev–Trinajstić information content (AvgIpc) is 2.29. The van der Waals surface area contributed by atoms with Crippen LogP contribution in [0.4, 0.5) is 0 Å². The van der Waals surface area contributed by atoms with Crippen molar-refractivity contribution in [2.45, 2.75) is 5.92 Å². The molecular weight excluding hydrogens is 248 g/mol. The summed E-state index contributed by atoms with van der Waals surface area (Å²) < 4.78 is 0. The van der Waals surface area contributed by atoms with E-state index in [0.717, 1.165) is 18.7 Å². The van der Waals surface area contributed by atoms with Crippen LogP contribution in [0.3, 0.4) is 0 Å². The van der Waals surface area contributed by atoms with Gasteiger partial charge in [-0.3, -0.25) is 4.79 Å².